The van der Waals surface area contributed by atoms with Gasteiger partial charge >= 0.3 is 6.03 Å². The zero-order valence-corrected chi connectivity index (χ0v) is 17.8. The fourth-order valence-corrected chi connectivity index (χ4v) is 4.13. The van der Waals surface area contributed by atoms with E-state index in [1.165, 1.54) is 17.6 Å². The zero-order valence-electron chi connectivity index (χ0n) is 17.0. The molecule has 1 fully saturated rings. The molecule has 9 heteroatoms. The predicted molar refractivity (Wildman–Crippen MR) is 115 cm³/mol. The molecule has 0 bridgehead atoms. The second-order valence-electron chi connectivity index (χ2n) is 7.18. The van der Waals surface area contributed by atoms with Gasteiger partial charge in [-0.1, -0.05) is 6.07 Å². The highest BCUT2D eigenvalue weighted by Gasteiger charge is 2.51. The van der Waals surface area contributed by atoms with Crippen LogP contribution in [0.1, 0.15) is 17.6 Å². The number of nitrogens with one attached hydrogen (secondary N) is 1. The number of thiophene rings is 1. The standard InChI is InChI=1S/C22H21N3O5S/c1-22(18-6-3-11-30-18)20(27)25(21(28)23-22)14-19(26)24(13-17-5-4-12-31-17)15-7-9-16(29-2)10-8-15/h3-12H,13-14H2,1-2H3,(H,23,28)/t22-/m1/s1. The Morgan fingerprint density at radius 3 is 2.58 bits per heavy atom. The van der Waals surface area contributed by atoms with Crippen LogP contribution in [0.5, 0.6) is 5.75 Å². The number of furan rings is 1. The zero-order chi connectivity index (χ0) is 22.0. The first-order valence-electron chi connectivity index (χ1n) is 9.57. The Morgan fingerprint density at radius 1 is 1.19 bits per heavy atom. The smallest absolute Gasteiger partial charge is 0.325 e. The first-order valence-corrected chi connectivity index (χ1v) is 10.5. The van der Waals surface area contributed by atoms with Crippen LogP contribution >= 0.6 is 11.3 Å². The molecule has 1 aromatic carbocycles. The summed E-state index contributed by atoms with van der Waals surface area (Å²) in [5.41, 5.74) is -0.709. The van der Waals surface area contributed by atoms with E-state index in [4.69, 9.17) is 9.15 Å². The van der Waals surface area contributed by atoms with Gasteiger partial charge < -0.3 is 19.4 Å². The maximum Gasteiger partial charge on any atom is 0.325 e. The molecule has 2 aromatic heterocycles. The molecule has 160 valence electrons. The van der Waals surface area contributed by atoms with Crippen LogP contribution in [0.25, 0.3) is 0 Å². The Balaban J connectivity index is 1.58. The number of hydrogen-bond donors (Lipinski definition) is 1. The van der Waals surface area contributed by atoms with Crippen molar-refractivity contribution in [3.05, 3.63) is 70.8 Å². The van der Waals surface area contributed by atoms with Gasteiger partial charge in [-0.05, 0) is 54.8 Å². The molecule has 0 aliphatic carbocycles. The Bertz CT molecular complexity index is 1080. The third-order valence-corrected chi connectivity index (χ3v) is 6.02. The molecule has 3 aromatic rings. The summed E-state index contributed by atoms with van der Waals surface area (Å²) in [6.45, 7) is 1.49. The quantitative estimate of drug-likeness (QED) is 0.570. The SMILES string of the molecule is COc1ccc(N(Cc2cccs2)C(=O)CN2C(=O)N[C@](C)(c3ccco3)C2=O)cc1. The van der Waals surface area contributed by atoms with Crippen molar-refractivity contribution in [1.82, 2.24) is 10.2 Å². The fourth-order valence-electron chi connectivity index (χ4n) is 3.44. The number of anilines is 1. The predicted octanol–water partition coefficient (Wildman–Crippen LogP) is 3.35. The first kappa shape index (κ1) is 20.7. The molecule has 4 rings (SSSR count). The lowest BCUT2D eigenvalue weighted by molar-refractivity contribution is -0.134. The molecular weight excluding hydrogens is 418 g/mol. The molecule has 1 N–H and O–H groups in total. The molecule has 31 heavy (non-hydrogen) atoms. The van der Waals surface area contributed by atoms with E-state index < -0.39 is 24.0 Å². The number of carbonyl (C=O) groups excluding carboxylic acids is 3. The number of hydrogen-bond acceptors (Lipinski definition) is 6. The second-order valence-corrected chi connectivity index (χ2v) is 8.21. The molecule has 1 aliphatic heterocycles. The van der Waals surface area contributed by atoms with Gasteiger partial charge in [0.1, 0.15) is 18.1 Å². The van der Waals surface area contributed by atoms with Gasteiger partial charge in [-0.15, -0.1) is 11.3 Å². The van der Waals surface area contributed by atoms with Gasteiger partial charge in [-0.3, -0.25) is 14.5 Å². The number of rotatable bonds is 7. The number of amides is 4. The van der Waals surface area contributed by atoms with Crippen molar-refractivity contribution in [2.45, 2.75) is 19.0 Å². The Hall–Kier alpha value is -3.59. The summed E-state index contributed by atoms with van der Waals surface area (Å²) in [5.74, 6) is 0.0550. The van der Waals surface area contributed by atoms with Crippen molar-refractivity contribution in [1.29, 1.82) is 0 Å². The number of carbonyl (C=O) groups is 3. The first-order chi connectivity index (χ1) is 14.9. The lowest BCUT2D eigenvalue weighted by atomic mass is 9.99. The van der Waals surface area contributed by atoms with E-state index in [1.807, 2.05) is 17.5 Å². The summed E-state index contributed by atoms with van der Waals surface area (Å²) >= 11 is 1.52. The van der Waals surface area contributed by atoms with Gasteiger partial charge in [0.25, 0.3) is 5.91 Å². The Kier molecular flexibility index (Phi) is 5.51. The largest absolute Gasteiger partial charge is 0.497 e. The van der Waals surface area contributed by atoms with Crippen molar-refractivity contribution in [3.8, 4) is 5.75 Å². The van der Waals surface area contributed by atoms with Crippen LogP contribution in [-0.4, -0.2) is 36.4 Å². The molecular formula is C22H21N3O5S. The summed E-state index contributed by atoms with van der Waals surface area (Å²) in [5, 5.41) is 4.56. The summed E-state index contributed by atoms with van der Waals surface area (Å²) in [4.78, 5) is 42.3. The van der Waals surface area contributed by atoms with E-state index in [2.05, 4.69) is 5.32 Å². The number of urea groups is 1. The Morgan fingerprint density at radius 2 is 1.97 bits per heavy atom. The van der Waals surface area contributed by atoms with Crippen LogP contribution in [-0.2, 0) is 21.7 Å². The van der Waals surface area contributed by atoms with Crippen LogP contribution in [0, 0.1) is 0 Å². The molecule has 0 unspecified atom stereocenters. The number of imide groups is 1. The molecule has 8 nitrogen and oxygen atoms in total. The molecule has 1 aliphatic rings. The van der Waals surface area contributed by atoms with Crippen molar-refractivity contribution in [3.63, 3.8) is 0 Å². The third kappa shape index (κ3) is 3.91. The van der Waals surface area contributed by atoms with Crippen LogP contribution in [0.3, 0.4) is 0 Å². The van der Waals surface area contributed by atoms with E-state index in [1.54, 1.807) is 55.3 Å². The van der Waals surface area contributed by atoms with Crippen molar-refractivity contribution >= 4 is 34.9 Å². The number of benzene rings is 1. The highest BCUT2D eigenvalue weighted by Crippen LogP contribution is 2.30. The number of ether oxygens (including phenoxy) is 1. The molecule has 1 atom stereocenters. The van der Waals surface area contributed by atoms with E-state index in [0.717, 1.165) is 9.78 Å². The van der Waals surface area contributed by atoms with E-state index in [-0.39, 0.29) is 5.91 Å². The van der Waals surface area contributed by atoms with Gasteiger partial charge in [0.2, 0.25) is 5.91 Å². The molecule has 0 spiro atoms. The fraction of sp³-hybridized carbons (Fsp3) is 0.227. The maximum absolute atomic E-state index is 13.3. The summed E-state index contributed by atoms with van der Waals surface area (Å²) < 4.78 is 10.5. The summed E-state index contributed by atoms with van der Waals surface area (Å²) in [6.07, 6.45) is 1.43. The van der Waals surface area contributed by atoms with Crippen LogP contribution in [0.2, 0.25) is 0 Å². The minimum absolute atomic E-state index is 0.311. The van der Waals surface area contributed by atoms with E-state index >= 15 is 0 Å². The van der Waals surface area contributed by atoms with Gasteiger partial charge in [0, 0.05) is 10.6 Å². The van der Waals surface area contributed by atoms with Crippen molar-refractivity contribution in [2.24, 2.45) is 0 Å². The van der Waals surface area contributed by atoms with Crippen LogP contribution < -0.4 is 15.0 Å². The van der Waals surface area contributed by atoms with Gasteiger partial charge in [0.15, 0.2) is 5.54 Å². The Labute approximate surface area is 183 Å². The highest BCUT2D eigenvalue weighted by atomic mass is 32.1. The maximum atomic E-state index is 13.3. The average molecular weight is 439 g/mol. The molecule has 3 heterocycles. The summed E-state index contributed by atoms with van der Waals surface area (Å²) in [6, 6.07) is 13.5. The summed E-state index contributed by atoms with van der Waals surface area (Å²) in [7, 11) is 1.57. The van der Waals surface area contributed by atoms with Gasteiger partial charge in [-0.2, -0.15) is 0 Å². The topological polar surface area (TPSA) is 92.1 Å². The second kappa shape index (κ2) is 8.27. The molecule has 4 amide bonds. The lowest BCUT2D eigenvalue weighted by Gasteiger charge is -2.25. The molecule has 1 saturated heterocycles. The van der Waals surface area contributed by atoms with Crippen molar-refractivity contribution in [2.75, 3.05) is 18.6 Å². The van der Waals surface area contributed by atoms with E-state index in [9.17, 15) is 14.4 Å². The van der Waals surface area contributed by atoms with Gasteiger partial charge in [0.05, 0.1) is 19.9 Å². The van der Waals surface area contributed by atoms with Crippen LogP contribution in [0.15, 0.2) is 64.6 Å². The average Bonchev–Trinajstić information content (AvgIpc) is 3.52. The lowest BCUT2D eigenvalue weighted by Crippen LogP contribution is -2.44. The highest BCUT2D eigenvalue weighted by molar-refractivity contribution is 7.09. The number of methoxy groups -OCH3 is 1. The van der Waals surface area contributed by atoms with Gasteiger partial charge in [-0.25, -0.2) is 4.79 Å². The normalized spacial score (nSPS) is 18.2. The minimum Gasteiger partial charge on any atom is -0.497 e. The van der Waals surface area contributed by atoms with E-state index in [0.29, 0.717) is 23.7 Å². The monoisotopic (exact) mass is 439 g/mol. The molecule has 0 saturated carbocycles. The number of nitrogens with zero attached hydrogens (tertiary/aromatic N) is 2. The van der Waals surface area contributed by atoms with Crippen molar-refractivity contribution < 1.29 is 23.5 Å². The minimum atomic E-state index is -1.35. The van der Waals surface area contributed by atoms with Crippen LogP contribution in [0.4, 0.5) is 10.5 Å². The third-order valence-electron chi connectivity index (χ3n) is 5.16. The molecule has 0 radical (unpaired) electrons.